The number of carboxylic acids is 1. The molecule has 0 spiro atoms. The fourth-order valence-electron chi connectivity index (χ4n) is 2.09. The number of rotatable bonds is 6. The highest BCUT2D eigenvalue weighted by Gasteiger charge is 2.17. The molecular weight excluding hydrogens is 282 g/mol. The highest BCUT2D eigenvalue weighted by Crippen LogP contribution is 2.18. The van der Waals surface area contributed by atoms with Gasteiger partial charge in [-0.15, -0.1) is 0 Å². The van der Waals surface area contributed by atoms with Gasteiger partial charge in [-0.1, -0.05) is 30.3 Å². The van der Waals surface area contributed by atoms with Gasteiger partial charge in [0, 0.05) is 12.6 Å². The smallest absolute Gasteiger partial charge is 0.303 e. The van der Waals surface area contributed by atoms with Crippen LogP contribution in [0.25, 0.3) is 0 Å². The van der Waals surface area contributed by atoms with Gasteiger partial charge in [-0.25, -0.2) is 9.97 Å². The quantitative estimate of drug-likeness (QED) is 0.852. The molecule has 114 valence electrons. The van der Waals surface area contributed by atoms with E-state index in [1.807, 2.05) is 30.3 Å². The van der Waals surface area contributed by atoms with E-state index in [9.17, 15) is 9.59 Å². The van der Waals surface area contributed by atoms with Gasteiger partial charge in [0.05, 0.1) is 6.04 Å². The maximum atomic E-state index is 12.3. The van der Waals surface area contributed by atoms with Crippen LogP contribution in [-0.4, -0.2) is 27.0 Å². The number of nitrogens with one attached hydrogen (secondary N) is 1. The summed E-state index contributed by atoms with van der Waals surface area (Å²) in [6.45, 7) is 1.70. The molecule has 1 atom stereocenters. The SMILES string of the molecule is Cc1nccc(C(=O)NC(CCC(=O)O)c2ccccc2)n1. The summed E-state index contributed by atoms with van der Waals surface area (Å²) in [5.74, 6) is -0.729. The predicted molar refractivity (Wildman–Crippen MR) is 80.3 cm³/mol. The molecular formula is C16H17N3O3. The topological polar surface area (TPSA) is 92.2 Å². The van der Waals surface area contributed by atoms with Crippen molar-refractivity contribution in [2.24, 2.45) is 0 Å². The van der Waals surface area contributed by atoms with E-state index in [4.69, 9.17) is 5.11 Å². The minimum absolute atomic E-state index is 0.0252. The Morgan fingerprint density at radius 1 is 1.23 bits per heavy atom. The van der Waals surface area contributed by atoms with Crippen LogP contribution in [-0.2, 0) is 4.79 Å². The van der Waals surface area contributed by atoms with Gasteiger partial charge in [0.1, 0.15) is 11.5 Å². The molecule has 2 rings (SSSR count). The van der Waals surface area contributed by atoms with Crippen LogP contribution >= 0.6 is 0 Å². The van der Waals surface area contributed by atoms with Crippen molar-refractivity contribution in [3.05, 3.63) is 59.7 Å². The number of carbonyl (C=O) groups is 2. The van der Waals surface area contributed by atoms with E-state index in [0.29, 0.717) is 12.2 Å². The lowest BCUT2D eigenvalue weighted by molar-refractivity contribution is -0.137. The Kier molecular flexibility index (Phi) is 5.19. The third-order valence-corrected chi connectivity index (χ3v) is 3.16. The first-order valence-corrected chi connectivity index (χ1v) is 6.93. The maximum Gasteiger partial charge on any atom is 0.303 e. The van der Waals surface area contributed by atoms with Gasteiger partial charge in [-0.05, 0) is 25.0 Å². The zero-order valence-electron chi connectivity index (χ0n) is 12.2. The molecule has 22 heavy (non-hydrogen) atoms. The van der Waals surface area contributed by atoms with Crippen LogP contribution < -0.4 is 5.32 Å². The Morgan fingerprint density at radius 3 is 2.59 bits per heavy atom. The lowest BCUT2D eigenvalue weighted by Gasteiger charge is -2.18. The van der Waals surface area contributed by atoms with Crippen LogP contribution in [0, 0.1) is 6.92 Å². The van der Waals surface area contributed by atoms with Crippen molar-refractivity contribution in [2.75, 3.05) is 0 Å². The third kappa shape index (κ3) is 4.37. The van der Waals surface area contributed by atoms with Crippen LogP contribution in [0.5, 0.6) is 0 Å². The second-order valence-corrected chi connectivity index (χ2v) is 4.86. The van der Waals surface area contributed by atoms with E-state index in [2.05, 4.69) is 15.3 Å². The number of aryl methyl sites for hydroxylation is 1. The van der Waals surface area contributed by atoms with Crippen LogP contribution in [0.2, 0.25) is 0 Å². The highest BCUT2D eigenvalue weighted by atomic mass is 16.4. The number of aliphatic carboxylic acids is 1. The molecule has 2 N–H and O–H groups in total. The summed E-state index contributed by atoms with van der Waals surface area (Å²) in [6, 6.07) is 10.4. The summed E-state index contributed by atoms with van der Waals surface area (Å²) in [5.41, 5.74) is 1.13. The van der Waals surface area contributed by atoms with Gasteiger partial charge in [0.2, 0.25) is 0 Å². The van der Waals surface area contributed by atoms with Crippen LogP contribution in [0.3, 0.4) is 0 Å². The highest BCUT2D eigenvalue weighted by molar-refractivity contribution is 5.92. The zero-order chi connectivity index (χ0) is 15.9. The lowest BCUT2D eigenvalue weighted by Crippen LogP contribution is -2.30. The number of amides is 1. The molecule has 1 amide bonds. The van der Waals surface area contributed by atoms with Crippen LogP contribution in [0.4, 0.5) is 0 Å². The van der Waals surface area contributed by atoms with Crippen molar-refractivity contribution < 1.29 is 14.7 Å². The first-order valence-electron chi connectivity index (χ1n) is 6.93. The van der Waals surface area contributed by atoms with E-state index in [0.717, 1.165) is 5.56 Å². The fraction of sp³-hybridized carbons (Fsp3) is 0.250. The first kappa shape index (κ1) is 15.6. The third-order valence-electron chi connectivity index (χ3n) is 3.16. The molecule has 0 aliphatic heterocycles. The molecule has 0 saturated carbocycles. The Labute approximate surface area is 128 Å². The normalized spacial score (nSPS) is 11.7. The van der Waals surface area contributed by atoms with Crippen molar-refractivity contribution in [2.45, 2.75) is 25.8 Å². The zero-order valence-corrected chi connectivity index (χ0v) is 12.2. The monoisotopic (exact) mass is 299 g/mol. The summed E-state index contributed by atoms with van der Waals surface area (Å²) in [6.07, 6.45) is 1.81. The standard InChI is InChI=1S/C16H17N3O3/c1-11-17-10-9-14(18-11)16(22)19-13(7-8-15(20)21)12-5-3-2-4-6-12/h2-6,9-10,13H,7-8H2,1H3,(H,19,22)(H,20,21). The molecule has 0 bridgehead atoms. The lowest BCUT2D eigenvalue weighted by atomic mass is 10.0. The minimum atomic E-state index is -0.895. The van der Waals surface area contributed by atoms with E-state index >= 15 is 0 Å². The maximum absolute atomic E-state index is 12.3. The van der Waals surface area contributed by atoms with Gasteiger partial charge in [0.15, 0.2) is 0 Å². The molecule has 0 aliphatic carbocycles. The van der Waals surface area contributed by atoms with Gasteiger partial charge >= 0.3 is 5.97 Å². The number of hydrogen-bond donors (Lipinski definition) is 2. The van der Waals surface area contributed by atoms with E-state index in [1.54, 1.807) is 6.92 Å². The molecule has 1 aromatic heterocycles. The molecule has 0 radical (unpaired) electrons. The van der Waals surface area contributed by atoms with Crippen molar-refractivity contribution in [3.8, 4) is 0 Å². The van der Waals surface area contributed by atoms with E-state index in [-0.39, 0.29) is 24.1 Å². The molecule has 0 saturated heterocycles. The second-order valence-electron chi connectivity index (χ2n) is 4.86. The summed E-state index contributed by atoms with van der Waals surface area (Å²) >= 11 is 0. The van der Waals surface area contributed by atoms with Crippen LogP contribution in [0.15, 0.2) is 42.6 Å². The van der Waals surface area contributed by atoms with Gasteiger partial charge < -0.3 is 10.4 Å². The summed E-state index contributed by atoms with van der Waals surface area (Å²) in [7, 11) is 0. The van der Waals surface area contributed by atoms with Crippen molar-refractivity contribution in [1.82, 2.24) is 15.3 Å². The number of benzene rings is 1. The average Bonchev–Trinajstić information content (AvgIpc) is 2.52. The molecule has 1 unspecified atom stereocenters. The molecule has 6 nitrogen and oxygen atoms in total. The summed E-state index contributed by atoms with van der Waals surface area (Å²) in [5, 5.41) is 11.7. The number of aromatic nitrogens is 2. The fourth-order valence-corrected chi connectivity index (χ4v) is 2.09. The first-order chi connectivity index (χ1) is 10.6. The van der Waals surface area contributed by atoms with Gasteiger partial charge in [-0.2, -0.15) is 0 Å². The van der Waals surface area contributed by atoms with Crippen molar-refractivity contribution >= 4 is 11.9 Å². The number of carboxylic acid groups (broad SMARTS) is 1. The molecule has 0 fully saturated rings. The Balaban J connectivity index is 2.15. The number of hydrogen-bond acceptors (Lipinski definition) is 4. The minimum Gasteiger partial charge on any atom is -0.481 e. The van der Waals surface area contributed by atoms with E-state index in [1.165, 1.54) is 12.3 Å². The number of carbonyl (C=O) groups excluding carboxylic acids is 1. The Bertz CT molecular complexity index is 659. The second kappa shape index (κ2) is 7.31. The van der Waals surface area contributed by atoms with Crippen molar-refractivity contribution in [1.29, 1.82) is 0 Å². The Hall–Kier alpha value is -2.76. The van der Waals surface area contributed by atoms with Gasteiger partial charge in [0.25, 0.3) is 5.91 Å². The molecule has 2 aromatic rings. The van der Waals surface area contributed by atoms with Gasteiger partial charge in [-0.3, -0.25) is 9.59 Å². The molecule has 1 aromatic carbocycles. The van der Waals surface area contributed by atoms with Crippen LogP contribution in [0.1, 0.15) is 40.8 Å². The van der Waals surface area contributed by atoms with Crippen molar-refractivity contribution in [3.63, 3.8) is 0 Å². The Morgan fingerprint density at radius 2 is 1.95 bits per heavy atom. The molecule has 6 heteroatoms. The number of nitrogens with zero attached hydrogens (tertiary/aromatic N) is 2. The van der Waals surface area contributed by atoms with E-state index < -0.39 is 5.97 Å². The predicted octanol–water partition coefficient (Wildman–Crippen LogP) is 2.12. The average molecular weight is 299 g/mol. The molecule has 1 heterocycles. The molecule has 0 aliphatic rings. The largest absolute Gasteiger partial charge is 0.481 e. The summed E-state index contributed by atoms with van der Waals surface area (Å²) < 4.78 is 0. The summed E-state index contributed by atoms with van der Waals surface area (Å²) in [4.78, 5) is 31.1.